The highest BCUT2D eigenvalue weighted by Gasteiger charge is 2.26. The summed E-state index contributed by atoms with van der Waals surface area (Å²) >= 11 is 0. The fourth-order valence-corrected chi connectivity index (χ4v) is 1.45. The maximum absolute atomic E-state index is 11.9. The summed E-state index contributed by atoms with van der Waals surface area (Å²) in [7, 11) is -0.342. The maximum atomic E-state index is 11.9. The van der Waals surface area contributed by atoms with E-state index in [9.17, 15) is 13.2 Å². The molecule has 0 amide bonds. The molecule has 0 atom stereocenters. The van der Waals surface area contributed by atoms with Crippen LogP contribution in [-0.4, -0.2) is 37.1 Å². The zero-order valence-corrected chi connectivity index (χ0v) is 10.3. The van der Waals surface area contributed by atoms with Gasteiger partial charge >= 0.3 is 13.3 Å². The summed E-state index contributed by atoms with van der Waals surface area (Å²) in [6, 6.07) is 4.49. The molecule has 0 spiro atoms. The third-order valence-electron chi connectivity index (χ3n) is 2.37. The van der Waals surface area contributed by atoms with Gasteiger partial charge in [-0.25, -0.2) is 0 Å². The van der Waals surface area contributed by atoms with Gasteiger partial charge in [-0.15, -0.1) is 0 Å². The molecular weight excluding hydrogens is 264 g/mol. The van der Waals surface area contributed by atoms with Crippen LogP contribution in [0, 0.1) is 0 Å². The Morgan fingerprint density at radius 1 is 1.26 bits per heavy atom. The van der Waals surface area contributed by atoms with Gasteiger partial charge in [0.25, 0.3) is 0 Å². The van der Waals surface area contributed by atoms with E-state index in [2.05, 4.69) is 0 Å². The predicted molar refractivity (Wildman–Crippen MR) is 63.1 cm³/mol. The van der Waals surface area contributed by atoms with Crippen molar-refractivity contribution in [3.8, 4) is 5.75 Å². The SMILES string of the molecule is COc1ccc(COCCC(F)(F)F)cc1B(O)O. The van der Waals surface area contributed by atoms with E-state index in [1.54, 1.807) is 6.07 Å². The molecule has 0 bridgehead atoms. The summed E-state index contributed by atoms with van der Waals surface area (Å²) in [5.74, 6) is 0.286. The van der Waals surface area contributed by atoms with E-state index in [0.717, 1.165) is 0 Å². The van der Waals surface area contributed by atoms with Gasteiger partial charge in [-0.05, 0) is 11.6 Å². The molecule has 0 fully saturated rings. The zero-order valence-electron chi connectivity index (χ0n) is 10.3. The van der Waals surface area contributed by atoms with Crippen molar-refractivity contribution in [3.63, 3.8) is 0 Å². The number of hydrogen-bond donors (Lipinski definition) is 2. The Kier molecular flexibility index (Phi) is 5.65. The van der Waals surface area contributed by atoms with Gasteiger partial charge in [0, 0.05) is 5.46 Å². The Morgan fingerprint density at radius 2 is 1.95 bits per heavy atom. The lowest BCUT2D eigenvalue weighted by Crippen LogP contribution is -2.31. The van der Waals surface area contributed by atoms with E-state index in [-0.39, 0.29) is 17.8 Å². The molecule has 106 valence electrons. The van der Waals surface area contributed by atoms with Crippen LogP contribution in [0.25, 0.3) is 0 Å². The van der Waals surface area contributed by atoms with Gasteiger partial charge < -0.3 is 19.5 Å². The van der Waals surface area contributed by atoms with Gasteiger partial charge in [-0.1, -0.05) is 12.1 Å². The lowest BCUT2D eigenvalue weighted by atomic mass is 9.79. The summed E-state index contributed by atoms with van der Waals surface area (Å²) in [6.07, 6.45) is -5.26. The van der Waals surface area contributed by atoms with Crippen molar-refractivity contribution in [2.45, 2.75) is 19.2 Å². The molecule has 0 aromatic heterocycles. The highest BCUT2D eigenvalue weighted by Crippen LogP contribution is 2.19. The average Bonchev–Trinajstić information content (AvgIpc) is 2.33. The number of halogens is 3. The highest BCUT2D eigenvalue weighted by atomic mass is 19.4. The molecular formula is C11H14BF3O4. The minimum atomic E-state index is -4.24. The zero-order chi connectivity index (χ0) is 14.5. The third-order valence-corrected chi connectivity index (χ3v) is 2.37. The third kappa shape index (κ3) is 5.50. The van der Waals surface area contributed by atoms with E-state index < -0.39 is 26.3 Å². The highest BCUT2D eigenvalue weighted by molar-refractivity contribution is 6.59. The topological polar surface area (TPSA) is 58.9 Å². The second kappa shape index (κ2) is 6.79. The standard InChI is InChI=1S/C11H14BF3O4/c1-18-10-3-2-8(6-9(10)12(16)17)7-19-5-4-11(13,14)15/h2-3,6,16-17H,4-5,7H2,1H3. The molecule has 0 saturated carbocycles. The number of hydrogen-bond acceptors (Lipinski definition) is 4. The van der Waals surface area contributed by atoms with Crippen molar-refractivity contribution in [3.05, 3.63) is 23.8 Å². The Morgan fingerprint density at radius 3 is 2.47 bits per heavy atom. The first-order chi connectivity index (χ1) is 8.83. The lowest BCUT2D eigenvalue weighted by Gasteiger charge is -2.11. The van der Waals surface area contributed by atoms with Crippen LogP contribution in [0.1, 0.15) is 12.0 Å². The minimum Gasteiger partial charge on any atom is -0.497 e. The fraction of sp³-hybridized carbons (Fsp3) is 0.455. The molecule has 8 heteroatoms. The average molecular weight is 278 g/mol. The first kappa shape index (κ1) is 15.8. The second-order valence-electron chi connectivity index (χ2n) is 3.87. The van der Waals surface area contributed by atoms with Crippen LogP contribution in [0.4, 0.5) is 13.2 Å². The van der Waals surface area contributed by atoms with Crippen LogP contribution in [0.15, 0.2) is 18.2 Å². The van der Waals surface area contributed by atoms with Crippen LogP contribution in [-0.2, 0) is 11.3 Å². The summed E-state index contributed by atoms with van der Waals surface area (Å²) in [6.45, 7) is -0.480. The van der Waals surface area contributed by atoms with Gasteiger partial charge in [-0.2, -0.15) is 13.2 Å². The smallest absolute Gasteiger partial charge is 0.492 e. The molecule has 0 aliphatic carbocycles. The van der Waals surface area contributed by atoms with E-state index in [0.29, 0.717) is 5.56 Å². The molecule has 1 aromatic rings. The fourth-order valence-electron chi connectivity index (χ4n) is 1.45. The monoisotopic (exact) mass is 278 g/mol. The van der Waals surface area contributed by atoms with Crippen molar-refractivity contribution in [2.24, 2.45) is 0 Å². The van der Waals surface area contributed by atoms with Gasteiger partial charge in [-0.3, -0.25) is 0 Å². The van der Waals surface area contributed by atoms with E-state index in [1.807, 2.05) is 0 Å². The molecule has 0 radical (unpaired) electrons. The number of rotatable bonds is 6. The van der Waals surface area contributed by atoms with E-state index in [1.165, 1.54) is 19.2 Å². The van der Waals surface area contributed by atoms with Gasteiger partial charge in [0.05, 0.1) is 26.7 Å². The molecule has 0 aliphatic rings. The summed E-state index contributed by atoms with van der Waals surface area (Å²) in [5.41, 5.74) is 0.672. The summed E-state index contributed by atoms with van der Waals surface area (Å²) in [4.78, 5) is 0. The first-order valence-electron chi connectivity index (χ1n) is 5.51. The van der Waals surface area contributed by atoms with Crippen LogP contribution < -0.4 is 10.2 Å². The van der Waals surface area contributed by atoms with E-state index >= 15 is 0 Å². The molecule has 1 rings (SSSR count). The summed E-state index contributed by atoms with van der Waals surface area (Å²) < 4.78 is 45.5. The van der Waals surface area contributed by atoms with Crippen LogP contribution in [0.3, 0.4) is 0 Å². The minimum absolute atomic E-state index is 0.0419. The number of ether oxygens (including phenoxy) is 2. The predicted octanol–water partition coefficient (Wildman–Crippen LogP) is 0.844. The molecule has 1 aromatic carbocycles. The van der Waals surface area contributed by atoms with E-state index in [4.69, 9.17) is 19.5 Å². The normalized spacial score (nSPS) is 11.5. The molecule has 2 N–H and O–H groups in total. The Bertz CT molecular complexity index is 409. The maximum Gasteiger partial charge on any atom is 0.492 e. The molecule has 0 unspecified atom stereocenters. The van der Waals surface area contributed by atoms with Crippen molar-refractivity contribution in [2.75, 3.05) is 13.7 Å². The van der Waals surface area contributed by atoms with Crippen molar-refractivity contribution < 1.29 is 32.7 Å². The van der Waals surface area contributed by atoms with Gasteiger partial charge in [0.15, 0.2) is 0 Å². The largest absolute Gasteiger partial charge is 0.497 e. The number of methoxy groups -OCH3 is 1. The Labute approximate surface area is 108 Å². The molecule has 0 heterocycles. The second-order valence-corrected chi connectivity index (χ2v) is 3.87. The molecule has 4 nitrogen and oxygen atoms in total. The van der Waals surface area contributed by atoms with Crippen LogP contribution >= 0.6 is 0 Å². The number of benzene rings is 1. The molecule has 0 saturated heterocycles. The van der Waals surface area contributed by atoms with Crippen molar-refractivity contribution in [1.82, 2.24) is 0 Å². The molecule has 0 aliphatic heterocycles. The van der Waals surface area contributed by atoms with Gasteiger partial charge in [0.2, 0.25) is 0 Å². The van der Waals surface area contributed by atoms with Crippen LogP contribution in [0.5, 0.6) is 5.75 Å². The first-order valence-corrected chi connectivity index (χ1v) is 5.51. The quantitative estimate of drug-likeness (QED) is 0.598. The van der Waals surface area contributed by atoms with Gasteiger partial charge in [0.1, 0.15) is 5.75 Å². The summed E-state index contributed by atoms with van der Waals surface area (Å²) in [5, 5.41) is 18.2. The lowest BCUT2D eigenvalue weighted by molar-refractivity contribution is -0.146. The van der Waals surface area contributed by atoms with Crippen molar-refractivity contribution in [1.29, 1.82) is 0 Å². The Balaban J connectivity index is 2.57. The molecule has 19 heavy (non-hydrogen) atoms. The van der Waals surface area contributed by atoms with Crippen LogP contribution in [0.2, 0.25) is 0 Å². The van der Waals surface area contributed by atoms with Crippen molar-refractivity contribution >= 4 is 12.6 Å². The number of alkyl halides is 3. The Hall–Kier alpha value is -1.25.